The van der Waals surface area contributed by atoms with Crippen LogP contribution in [0.15, 0.2) is 18.3 Å². The minimum absolute atomic E-state index is 0.146. The Morgan fingerprint density at radius 1 is 1.45 bits per heavy atom. The van der Waals surface area contributed by atoms with Crippen LogP contribution in [0.25, 0.3) is 0 Å². The number of carbonyl (C=O) groups is 1. The van der Waals surface area contributed by atoms with Gasteiger partial charge in [0.25, 0.3) is 5.91 Å². The van der Waals surface area contributed by atoms with Gasteiger partial charge in [0.1, 0.15) is 0 Å². The molecule has 2 heterocycles. The van der Waals surface area contributed by atoms with Gasteiger partial charge in [-0.25, -0.2) is 4.98 Å². The first kappa shape index (κ1) is 14.9. The molecule has 0 radical (unpaired) electrons. The van der Waals surface area contributed by atoms with Gasteiger partial charge in [-0.05, 0) is 26.0 Å². The van der Waals surface area contributed by atoms with Crippen LogP contribution in [0, 0.1) is 5.95 Å². The number of aromatic nitrogens is 1. The number of nitrogens with zero attached hydrogens (tertiary/aromatic N) is 2. The third-order valence-corrected chi connectivity index (χ3v) is 3.54. The van der Waals surface area contributed by atoms with Crippen molar-refractivity contribution in [3.05, 3.63) is 29.8 Å². The fourth-order valence-electron chi connectivity index (χ4n) is 2.19. The van der Waals surface area contributed by atoms with Crippen LogP contribution in [0.4, 0.5) is 4.39 Å². The van der Waals surface area contributed by atoms with Crippen LogP contribution in [0.2, 0.25) is 0 Å². The zero-order chi connectivity index (χ0) is 14.6. The molecule has 2 rings (SSSR count). The number of halogens is 1. The summed E-state index contributed by atoms with van der Waals surface area (Å²) in [4.78, 5) is 17.7. The first-order valence-electron chi connectivity index (χ1n) is 6.71. The van der Waals surface area contributed by atoms with E-state index in [1.54, 1.807) is 0 Å². The minimum atomic E-state index is -0.588. The summed E-state index contributed by atoms with van der Waals surface area (Å²) in [6, 6.07) is 2.61. The summed E-state index contributed by atoms with van der Waals surface area (Å²) < 4.78 is 18.0. The number of morpholine rings is 1. The SMILES string of the molecule is CC(C)(CNC(=O)c1ccc(F)nc1)N1CCOCC1. The monoisotopic (exact) mass is 281 g/mol. The standard InChI is InChI=1S/C14H20FN3O2/c1-14(2,18-5-7-20-8-6-18)10-17-13(19)11-3-4-12(15)16-9-11/h3-4,9H,5-8,10H2,1-2H3,(H,17,19). The molecule has 0 bridgehead atoms. The number of amides is 1. The predicted molar refractivity (Wildman–Crippen MR) is 73.0 cm³/mol. The van der Waals surface area contributed by atoms with Gasteiger partial charge < -0.3 is 10.1 Å². The van der Waals surface area contributed by atoms with Gasteiger partial charge in [-0.1, -0.05) is 0 Å². The van der Waals surface area contributed by atoms with Crippen LogP contribution in [0.1, 0.15) is 24.2 Å². The lowest BCUT2D eigenvalue weighted by Gasteiger charge is -2.40. The molecule has 6 heteroatoms. The molecule has 0 aliphatic carbocycles. The first-order valence-corrected chi connectivity index (χ1v) is 6.71. The Labute approximate surface area is 118 Å². The second-order valence-corrected chi connectivity index (χ2v) is 5.46. The van der Waals surface area contributed by atoms with E-state index in [0.29, 0.717) is 12.1 Å². The van der Waals surface area contributed by atoms with Gasteiger partial charge in [0, 0.05) is 31.4 Å². The number of hydrogen-bond donors (Lipinski definition) is 1. The van der Waals surface area contributed by atoms with Crippen molar-refractivity contribution in [3.63, 3.8) is 0 Å². The first-order chi connectivity index (χ1) is 9.49. The van der Waals surface area contributed by atoms with E-state index in [4.69, 9.17) is 4.74 Å². The molecule has 1 aliphatic heterocycles. The maximum atomic E-state index is 12.7. The molecule has 1 aliphatic rings. The molecule has 0 spiro atoms. The molecule has 1 fully saturated rings. The fraction of sp³-hybridized carbons (Fsp3) is 0.571. The van der Waals surface area contributed by atoms with Crippen molar-refractivity contribution in [3.8, 4) is 0 Å². The van der Waals surface area contributed by atoms with Crippen molar-refractivity contribution in [2.75, 3.05) is 32.8 Å². The Morgan fingerprint density at radius 3 is 2.75 bits per heavy atom. The average molecular weight is 281 g/mol. The van der Waals surface area contributed by atoms with Crippen molar-refractivity contribution in [1.82, 2.24) is 15.2 Å². The number of pyridine rings is 1. The molecule has 1 aromatic heterocycles. The van der Waals surface area contributed by atoms with E-state index in [1.807, 2.05) is 0 Å². The Kier molecular flexibility index (Phi) is 4.67. The largest absolute Gasteiger partial charge is 0.379 e. The molecule has 0 atom stereocenters. The number of nitrogens with one attached hydrogen (secondary N) is 1. The van der Waals surface area contributed by atoms with E-state index in [0.717, 1.165) is 26.3 Å². The highest BCUT2D eigenvalue weighted by Crippen LogP contribution is 2.15. The third-order valence-electron chi connectivity index (χ3n) is 3.54. The molecular formula is C14H20FN3O2. The van der Waals surface area contributed by atoms with Crippen molar-refractivity contribution in [1.29, 1.82) is 0 Å². The lowest BCUT2D eigenvalue weighted by Crippen LogP contribution is -2.55. The Balaban J connectivity index is 1.90. The van der Waals surface area contributed by atoms with Gasteiger partial charge in [0.2, 0.25) is 5.95 Å². The third kappa shape index (κ3) is 3.74. The Morgan fingerprint density at radius 2 is 2.15 bits per heavy atom. The number of carbonyl (C=O) groups excluding carboxylic acids is 1. The smallest absolute Gasteiger partial charge is 0.252 e. The number of ether oxygens (including phenoxy) is 1. The van der Waals surface area contributed by atoms with E-state index in [-0.39, 0.29) is 11.4 Å². The summed E-state index contributed by atoms with van der Waals surface area (Å²) in [7, 11) is 0. The predicted octanol–water partition coefficient (Wildman–Crippen LogP) is 1.06. The van der Waals surface area contributed by atoms with Crippen molar-refractivity contribution >= 4 is 5.91 Å². The highest BCUT2D eigenvalue weighted by molar-refractivity contribution is 5.93. The highest BCUT2D eigenvalue weighted by atomic mass is 19.1. The Hall–Kier alpha value is -1.53. The van der Waals surface area contributed by atoms with Crippen molar-refractivity contribution < 1.29 is 13.9 Å². The van der Waals surface area contributed by atoms with E-state index in [9.17, 15) is 9.18 Å². The summed E-state index contributed by atoms with van der Waals surface area (Å²) >= 11 is 0. The maximum absolute atomic E-state index is 12.7. The summed E-state index contributed by atoms with van der Waals surface area (Å²) in [5, 5.41) is 2.87. The molecule has 20 heavy (non-hydrogen) atoms. The zero-order valence-electron chi connectivity index (χ0n) is 11.9. The van der Waals surface area contributed by atoms with Gasteiger partial charge in [-0.2, -0.15) is 4.39 Å². The molecule has 0 unspecified atom stereocenters. The lowest BCUT2D eigenvalue weighted by molar-refractivity contribution is -0.00923. The number of hydrogen-bond acceptors (Lipinski definition) is 4. The quantitative estimate of drug-likeness (QED) is 0.839. The molecule has 1 N–H and O–H groups in total. The van der Waals surface area contributed by atoms with Gasteiger partial charge in [-0.3, -0.25) is 9.69 Å². The van der Waals surface area contributed by atoms with Gasteiger partial charge in [0.15, 0.2) is 0 Å². The molecule has 0 aromatic carbocycles. The average Bonchev–Trinajstić information content (AvgIpc) is 2.46. The van der Waals surface area contributed by atoms with Crippen molar-refractivity contribution in [2.24, 2.45) is 0 Å². The summed E-state index contributed by atoms with van der Waals surface area (Å²) in [5.41, 5.74) is 0.219. The van der Waals surface area contributed by atoms with Crippen LogP contribution >= 0.6 is 0 Å². The van der Waals surface area contributed by atoms with Crippen LogP contribution in [0.5, 0.6) is 0 Å². The highest BCUT2D eigenvalue weighted by Gasteiger charge is 2.28. The van der Waals surface area contributed by atoms with E-state index >= 15 is 0 Å². The van der Waals surface area contributed by atoms with Gasteiger partial charge in [-0.15, -0.1) is 0 Å². The zero-order valence-corrected chi connectivity index (χ0v) is 11.9. The molecule has 110 valence electrons. The normalized spacial score (nSPS) is 16.9. The lowest BCUT2D eigenvalue weighted by atomic mass is 10.0. The van der Waals surface area contributed by atoms with Crippen LogP contribution in [-0.4, -0.2) is 54.2 Å². The van der Waals surface area contributed by atoms with Crippen LogP contribution < -0.4 is 5.32 Å². The molecule has 1 aromatic rings. The van der Waals surface area contributed by atoms with Gasteiger partial charge in [0.05, 0.1) is 18.8 Å². The second-order valence-electron chi connectivity index (χ2n) is 5.46. The molecular weight excluding hydrogens is 261 g/mol. The van der Waals surface area contributed by atoms with E-state index in [1.165, 1.54) is 18.3 Å². The summed E-state index contributed by atoms with van der Waals surface area (Å²) in [6.45, 7) is 7.85. The molecule has 0 saturated carbocycles. The molecule has 1 amide bonds. The number of rotatable bonds is 4. The maximum Gasteiger partial charge on any atom is 0.252 e. The van der Waals surface area contributed by atoms with Crippen molar-refractivity contribution in [2.45, 2.75) is 19.4 Å². The Bertz CT molecular complexity index is 456. The fourth-order valence-corrected chi connectivity index (χ4v) is 2.19. The molecule has 5 nitrogen and oxygen atoms in total. The summed E-state index contributed by atoms with van der Waals surface area (Å²) in [5.74, 6) is -0.825. The summed E-state index contributed by atoms with van der Waals surface area (Å²) in [6.07, 6.45) is 1.24. The van der Waals surface area contributed by atoms with E-state index in [2.05, 4.69) is 29.0 Å². The van der Waals surface area contributed by atoms with Gasteiger partial charge >= 0.3 is 0 Å². The second kappa shape index (κ2) is 6.28. The van der Waals surface area contributed by atoms with E-state index < -0.39 is 5.95 Å². The van der Waals surface area contributed by atoms with Crippen LogP contribution in [0.3, 0.4) is 0 Å². The topological polar surface area (TPSA) is 54.5 Å². The van der Waals surface area contributed by atoms with Crippen LogP contribution in [-0.2, 0) is 4.74 Å². The minimum Gasteiger partial charge on any atom is -0.379 e. The molecule has 1 saturated heterocycles.